The van der Waals surface area contributed by atoms with E-state index in [2.05, 4.69) is 25.2 Å². The summed E-state index contributed by atoms with van der Waals surface area (Å²) in [5.74, 6) is -0.253. The van der Waals surface area contributed by atoms with Gasteiger partial charge in [-0.2, -0.15) is 4.98 Å². The Hall–Kier alpha value is -3.19. The Morgan fingerprint density at radius 2 is 1.93 bits per heavy atom. The molecule has 1 aromatic carbocycles. The highest BCUT2D eigenvalue weighted by Gasteiger charge is 2.45. The predicted molar refractivity (Wildman–Crippen MR) is 101 cm³/mol. The number of aryl methyl sites for hydroxylation is 1. The third-order valence-corrected chi connectivity index (χ3v) is 4.61. The second kappa shape index (κ2) is 7.33. The minimum atomic E-state index is -1.43. The van der Waals surface area contributed by atoms with Gasteiger partial charge in [0.25, 0.3) is 11.5 Å². The smallest absolute Gasteiger partial charge is 0.280 e. The molecule has 4 rings (SSSR count). The quantitative estimate of drug-likeness (QED) is 0.379. The number of hydrogen-bond acceptors (Lipinski definition) is 10. The fourth-order valence-corrected chi connectivity index (χ4v) is 3.10. The van der Waals surface area contributed by atoms with E-state index in [1.165, 1.54) is 4.57 Å². The fourth-order valence-electron chi connectivity index (χ4n) is 3.10. The lowest BCUT2D eigenvalue weighted by Gasteiger charge is -2.17. The van der Waals surface area contributed by atoms with Gasteiger partial charge < -0.3 is 25.8 Å². The molecule has 0 amide bonds. The Bertz CT molecular complexity index is 1120. The summed E-state index contributed by atoms with van der Waals surface area (Å²) < 4.78 is 6.78. The average Bonchev–Trinajstić information content (AvgIpc) is 3.19. The SMILES string of the molecule is Cc1ccc(/N=N/c2nc3c(=O)[nH]c(N)nc3n2[C@@H]2O[C@H](CO)C(O)C2O)cc1. The molecule has 0 bridgehead atoms. The number of benzene rings is 1. The molecule has 2 aromatic heterocycles. The maximum absolute atomic E-state index is 12.2. The zero-order valence-corrected chi connectivity index (χ0v) is 15.3. The van der Waals surface area contributed by atoms with Crippen LogP contribution in [-0.2, 0) is 4.74 Å². The number of nitrogens with zero attached hydrogens (tertiary/aromatic N) is 5. The maximum atomic E-state index is 12.2. The Kier molecular flexibility index (Phi) is 4.84. The molecule has 3 heterocycles. The summed E-state index contributed by atoms with van der Waals surface area (Å²) in [6.07, 6.45) is -5.04. The number of nitrogen functional groups attached to an aromatic ring is 1. The standard InChI is InChI=1S/C17H19N7O5/c1-7-2-4-8(5-3-7)22-23-17-19-10-13(20-16(18)21-14(10)28)24(17)15-12(27)11(26)9(6-25)29-15/h2-5,9,11-12,15,25-27H,6H2,1H3,(H3,18,20,21,28)/b23-22+/t9-,11?,12?,15-/m1/s1. The Labute approximate surface area is 163 Å². The Morgan fingerprint density at radius 3 is 2.59 bits per heavy atom. The van der Waals surface area contributed by atoms with Gasteiger partial charge in [0.05, 0.1) is 12.3 Å². The van der Waals surface area contributed by atoms with E-state index in [1.807, 2.05) is 19.1 Å². The minimum absolute atomic E-state index is 0.000976. The summed E-state index contributed by atoms with van der Waals surface area (Å²) in [6, 6.07) is 7.22. The lowest BCUT2D eigenvalue weighted by Crippen LogP contribution is -2.33. The molecule has 0 radical (unpaired) electrons. The number of aromatic amines is 1. The van der Waals surface area contributed by atoms with Crippen molar-refractivity contribution in [2.45, 2.75) is 31.5 Å². The number of fused-ring (bicyclic) bond motifs is 1. The monoisotopic (exact) mass is 401 g/mol. The van der Waals surface area contributed by atoms with Crippen molar-refractivity contribution >= 4 is 28.7 Å². The third-order valence-electron chi connectivity index (χ3n) is 4.61. The van der Waals surface area contributed by atoms with E-state index in [4.69, 9.17) is 10.5 Å². The van der Waals surface area contributed by atoms with Gasteiger partial charge in [-0.25, -0.2) is 4.98 Å². The summed E-state index contributed by atoms with van der Waals surface area (Å²) in [5, 5.41) is 38.1. The lowest BCUT2D eigenvalue weighted by atomic mass is 10.1. The molecule has 3 aromatic rings. The van der Waals surface area contributed by atoms with E-state index in [0.717, 1.165) is 5.56 Å². The van der Waals surface area contributed by atoms with E-state index in [0.29, 0.717) is 5.69 Å². The van der Waals surface area contributed by atoms with Gasteiger partial charge in [-0.15, -0.1) is 10.2 Å². The van der Waals surface area contributed by atoms with Crippen LogP contribution in [0.1, 0.15) is 11.8 Å². The molecule has 29 heavy (non-hydrogen) atoms. The predicted octanol–water partition coefficient (Wildman–Crippen LogP) is 0.0371. The topological polar surface area (TPSA) is 184 Å². The van der Waals surface area contributed by atoms with Crippen LogP contribution in [0.2, 0.25) is 0 Å². The van der Waals surface area contributed by atoms with Crippen molar-refractivity contribution in [3.63, 3.8) is 0 Å². The first-order valence-electron chi connectivity index (χ1n) is 8.77. The highest BCUT2D eigenvalue weighted by Crippen LogP contribution is 2.35. The first-order chi connectivity index (χ1) is 13.9. The lowest BCUT2D eigenvalue weighted by molar-refractivity contribution is -0.0503. The zero-order chi connectivity index (χ0) is 20.7. The summed E-state index contributed by atoms with van der Waals surface area (Å²) in [6.45, 7) is 1.42. The summed E-state index contributed by atoms with van der Waals surface area (Å²) in [7, 11) is 0. The second-order valence-corrected chi connectivity index (χ2v) is 6.67. The number of ether oxygens (including phenoxy) is 1. The van der Waals surface area contributed by atoms with Gasteiger partial charge in [0, 0.05) is 0 Å². The van der Waals surface area contributed by atoms with Crippen molar-refractivity contribution in [3.05, 3.63) is 40.2 Å². The van der Waals surface area contributed by atoms with E-state index in [9.17, 15) is 20.1 Å². The first-order valence-corrected chi connectivity index (χ1v) is 8.77. The van der Waals surface area contributed by atoms with Crippen molar-refractivity contribution in [1.29, 1.82) is 0 Å². The molecule has 0 saturated carbocycles. The van der Waals surface area contributed by atoms with Gasteiger partial charge in [0.15, 0.2) is 17.4 Å². The van der Waals surface area contributed by atoms with Crippen LogP contribution in [0.3, 0.4) is 0 Å². The molecule has 0 spiro atoms. The van der Waals surface area contributed by atoms with E-state index in [-0.39, 0.29) is 23.1 Å². The van der Waals surface area contributed by atoms with Gasteiger partial charge in [-0.3, -0.25) is 14.3 Å². The molecule has 6 N–H and O–H groups in total. The number of nitrogens with one attached hydrogen (secondary N) is 1. The number of anilines is 1. The third kappa shape index (κ3) is 3.38. The molecule has 0 aliphatic carbocycles. The average molecular weight is 401 g/mol. The second-order valence-electron chi connectivity index (χ2n) is 6.67. The highest BCUT2D eigenvalue weighted by molar-refractivity contribution is 5.74. The van der Waals surface area contributed by atoms with Crippen molar-refractivity contribution in [3.8, 4) is 0 Å². The summed E-state index contributed by atoms with van der Waals surface area (Å²) >= 11 is 0. The number of nitrogens with two attached hydrogens (primary N) is 1. The Balaban J connectivity index is 1.85. The number of imidazole rings is 1. The van der Waals surface area contributed by atoms with Crippen LogP contribution in [0.4, 0.5) is 17.6 Å². The fraction of sp³-hybridized carbons (Fsp3) is 0.353. The molecular weight excluding hydrogens is 382 g/mol. The van der Waals surface area contributed by atoms with Crippen LogP contribution in [0.5, 0.6) is 0 Å². The van der Waals surface area contributed by atoms with E-state index < -0.39 is 36.7 Å². The van der Waals surface area contributed by atoms with Crippen LogP contribution < -0.4 is 11.3 Å². The Morgan fingerprint density at radius 1 is 1.21 bits per heavy atom. The number of aliphatic hydroxyl groups is 3. The first kappa shape index (κ1) is 19.1. The highest BCUT2D eigenvalue weighted by atomic mass is 16.6. The van der Waals surface area contributed by atoms with Gasteiger partial charge >= 0.3 is 0 Å². The molecule has 1 aliphatic heterocycles. The molecule has 12 nitrogen and oxygen atoms in total. The number of aromatic nitrogens is 4. The molecule has 4 atom stereocenters. The molecular formula is C17H19N7O5. The zero-order valence-electron chi connectivity index (χ0n) is 15.3. The summed E-state index contributed by atoms with van der Waals surface area (Å²) in [4.78, 5) is 22.8. The normalized spacial score (nSPS) is 24.7. The van der Waals surface area contributed by atoms with Gasteiger partial charge in [0.2, 0.25) is 5.95 Å². The molecule has 12 heteroatoms. The van der Waals surface area contributed by atoms with Crippen LogP contribution >= 0.6 is 0 Å². The largest absolute Gasteiger partial charge is 0.394 e. The minimum Gasteiger partial charge on any atom is -0.394 e. The van der Waals surface area contributed by atoms with Crippen molar-refractivity contribution < 1.29 is 20.1 Å². The van der Waals surface area contributed by atoms with Crippen LogP contribution in [0, 0.1) is 6.92 Å². The molecule has 1 aliphatic rings. The number of aliphatic hydroxyl groups excluding tert-OH is 3. The number of rotatable bonds is 4. The van der Waals surface area contributed by atoms with Crippen molar-refractivity contribution in [2.24, 2.45) is 10.2 Å². The van der Waals surface area contributed by atoms with Crippen LogP contribution in [0.25, 0.3) is 11.2 Å². The van der Waals surface area contributed by atoms with Crippen LogP contribution in [0.15, 0.2) is 39.3 Å². The molecule has 2 unspecified atom stereocenters. The van der Waals surface area contributed by atoms with Gasteiger partial charge in [-0.1, -0.05) is 17.7 Å². The van der Waals surface area contributed by atoms with Crippen molar-refractivity contribution in [1.82, 2.24) is 19.5 Å². The van der Waals surface area contributed by atoms with E-state index in [1.54, 1.807) is 12.1 Å². The number of hydrogen-bond donors (Lipinski definition) is 5. The van der Waals surface area contributed by atoms with Crippen LogP contribution in [-0.4, -0.2) is 59.8 Å². The van der Waals surface area contributed by atoms with E-state index >= 15 is 0 Å². The summed E-state index contributed by atoms with van der Waals surface area (Å²) in [5.41, 5.74) is 6.53. The molecule has 1 saturated heterocycles. The van der Waals surface area contributed by atoms with Crippen molar-refractivity contribution in [2.75, 3.05) is 12.3 Å². The van der Waals surface area contributed by atoms with Gasteiger partial charge in [0.1, 0.15) is 18.3 Å². The van der Waals surface area contributed by atoms with Gasteiger partial charge in [-0.05, 0) is 19.1 Å². The maximum Gasteiger partial charge on any atom is 0.280 e. The molecule has 152 valence electrons. The number of azo groups is 1. The number of H-pyrrole nitrogens is 1. The molecule has 1 fully saturated rings.